The molecule has 0 fully saturated rings. The minimum absolute atomic E-state index is 0.108. The van der Waals surface area contributed by atoms with Crippen LogP contribution in [-0.4, -0.2) is 31.1 Å². The molecule has 0 aliphatic carbocycles. The Bertz CT molecular complexity index is 751. The summed E-state index contributed by atoms with van der Waals surface area (Å²) in [6, 6.07) is 5.30. The number of nitrogens with zero attached hydrogens (tertiary/aromatic N) is 4. The molecule has 0 aliphatic rings. The number of aromatic nitrogens is 5. The van der Waals surface area contributed by atoms with Crippen LogP contribution in [0.1, 0.15) is 16.4 Å². The average Bonchev–Trinajstić information content (AvgIpc) is 2.85. The van der Waals surface area contributed by atoms with Crippen molar-refractivity contribution in [1.29, 1.82) is 0 Å². The molecule has 1 aromatic carbocycles. The van der Waals surface area contributed by atoms with Crippen LogP contribution in [0.15, 0.2) is 30.6 Å². The van der Waals surface area contributed by atoms with Crippen molar-refractivity contribution in [2.45, 2.75) is 6.92 Å². The Morgan fingerprint density at radius 3 is 2.74 bits per heavy atom. The Balaban J connectivity index is 1.87. The predicted molar refractivity (Wildman–Crippen MR) is 68.6 cm³/mol. The van der Waals surface area contributed by atoms with Crippen molar-refractivity contribution in [2.24, 2.45) is 0 Å². The normalized spacial score (nSPS) is 10.6. The number of hydrogen-bond acceptors (Lipinski definition) is 5. The Morgan fingerprint density at radius 2 is 2.00 bits per heavy atom. The summed E-state index contributed by atoms with van der Waals surface area (Å²) < 4.78 is 0. The topological polar surface area (TPSA) is 96.5 Å². The van der Waals surface area contributed by atoms with Gasteiger partial charge in [0.1, 0.15) is 5.82 Å². The van der Waals surface area contributed by atoms with Crippen LogP contribution in [0.3, 0.4) is 0 Å². The fraction of sp³-hybridized carbons (Fsp3) is 0.0833. The third-order valence-electron chi connectivity index (χ3n) is 2.53. The van der Waals surface area contributed by atoms with E-state index in [1.807, 2.05) is 0 Å². The van der Waals surface area contributed by atoms with Gasteiger partial charge in [0.25, 0.3) is 5.91 Å². The first-order chi connectivity index (χ1) is 9.22. The van der Waals surface area contributed by atoms with E-state index in [0.29, 0.717) is 17.0 Å². The number of carbonyl (C=O) groups is 1. The highest BCUT2D eigenvalue weighted by Gasteiger charge is 2.11. The zero-order valence-corrected chi connectivity index (χ0v) is 10.1. The van der Waals surface area contributed by atoms with Crippen LogP contribution in [0.5, 0.6) is 0 Å². The summed E-state index contributed by atoms with van der Waals surface area (Å²) in [6.07, 6.45) is 3.23. The lowest BCUT2D eigenvalue weighted by Gasteiger charge is -2.03. The van der Waals surface area contributed by atoms with Crippen molar-refractivity contribution in [3.05, 3.63) is 42.2 Å². The maximum absolute atomic E-state index is 11.9. The van der Waals surface area contributed by atoms with Gasteiger partial charge in [-0.15, -0.1) is 5.10 Å². The van der Waals surface area contributed by atoms with Crippen molar-refractivity contribution in [2.75, 3.05) is 5.32 Å². The molecule has 0 spiro atoms. The second-order valence-corrected chi connectivity index (χ2v) is 3.96. The largest absolute Gasteiger partial charge is 0.319 e. The van der Waals surface area contributed by atoms with E-state index >= 15 is 0 Å². The van der Waals surface area contributed by atoms with E-state index in [2.05, 4.69) is 30.5 Å². The molecule has 19 heavy (non-hydrogen) atoms. The molecule has 94 valence electrons. The number of amides is 1. The lowest BCUT2D eigenvalue weighted by molar-refractivity contribution is 0.101. The van der Waals surface area contributed by atoms with E-state index in [0.717, 1.165) is 5.52 Å². The molecule has 0 aliphatic heterocycles. The summed E-state index contributed by atoms with van der Waals surface area (Å²) >= 11 is 0. The number of hydrogen-bond donors (Lipinski definition) is 2. The molecule has 7 heteroatoms. The highest BCUT2D eigenvalue weighted by atomic mass is 16.2. The van der Waals surface area contributed by atoms with Gasteiger partial charge in [0.05, 0.1) is 11.0 Å². The van der Waals surface area contributed by atoms with E-state index in [-0.39, 0.29) is 11.7 Å². The number of aryl methyl sites for hydroxylation is 1. The van der Waals surface area contributed by atoms with Crippen molar-refractivity contribution in [3.8, 4) is 0 Å². The summed E-state index contributed by atoms with van der Waals surface area (Å²) in [7, 11) is 0. The first-order valence-corrected chi connectivity index (χ1v) is 5.63. The van der Waals surface area contributed by atoms with Crippen molar-refractivity contribution in [1.82, 2.24) is 25.1 Å². The standard InChI is InChI=1S/C12H10N6O/c1-7-15-11(18-17-7)12(19)16-8-2-3-9-10(6-8)14-5-4-13-9/h2-6H,1H3,(H,16,19)(H,15,17,18). The van der Waals surface area contributed by atoms with E-state index in [1.165, 1.54) is 0 Å². The maximum Gasteiger partial charge on any atom is 0.295 e. The van der Waals surface area contributed by atoms with Gasteiger partial charge in [-0.2, -0.15) is 0 Å². The molecule has 2 N–H and O–H groups in total. The van der Waals surface area contributed by atoms with Crippen LogP contribution >= 0.6 is 0 Å². The van der Waals surface area contributed by atoms with E-state index < -0.39 is 0 Å². The molecule has 0 unspecified atom stereocenters. The minimum Gasteiger partial charge on any atom is -0.319 e. The van der Waals surface area contributed by atoms with Gasteiger partial charge >= 0.3 is 0 Å². The maximum atomic E-state index is 11.9. The molecule has 3 rings (SSSR count). The fourth-order valence-electron chi connectivity index (χ4n) is 1.67. The molecular formula is C12H10N6O. The number of rotatable bonds is 2. The highest BCUT2D eigenvalue weighted by Crippen LogP contribution is 2.15. The smallest absolute Gasteiger partial charge is 0.295 e. The molecule has 0 bridgehead atoms. The monoisotopic (exact) mass is 254 g/mol. The highest BCUT2D eigenvalue weighted by molar-refractivity contribution is 6.02. The molecule has 2 heterocycles. The number of anilines is 1. The van der Waals surface area contributed by atoms with Crippen molar-refractivity contribution >= 4 is 22.6 Å². The summed E-state index contributed by atoms with van der Waals surface area (Å²) in [5, 5.41) is 9.13. The SMILES string of the molecule is Cc1nc(C(=O)Nc2ccc3nccnc3c2)n[nH]1. The van der Waals surface area contributed by atoms with Gasteiger partial charge < -0.3 is 5.32 Å². The van der Waals surface area contributed by atoms with Crippen molar-refractivity contribution < 1.29 is 4.79 Å². The zero-order valence-electron chi connectivity index (χ0n) is 10.1. The van der Waals surface area contributed by atoms with Crippen molar-refractivity contribution in [3.63, 3.8) is 0 Å². The summed E-state index contributed by atoms with van der Waals surface area (Å²) in [6.45, 7) is 1.73. The number of benzene rings is 1. The van der Waals surface area contributed by atoms with Crippen LogP contribution in [0.4, 0.5) is 5.69 Å². The van der Waals surface area contributed by atoms with Crippen LogP contribution in [0.25, 0.3) is 11.0 Å². The van der Waals surface area contributed by atoms with Gasteiger partial charge in [-0.05, 0) is 25.1 Å². The number of fused-ring (bicyclic) bond motifs is 1. The van der Waals surface area contributed by atoms with Gasteiger partial charge in [0.15, 0.2) is 0 Å². The van der Waals surface area contributed by atoms with Gasteiger partial charge in [-0.25, -0.2) is 4.98 Å². The molecule has 2 aromatic heterocycles. The molecule has 0 saturated carbocycles. The molecule has 3 aromatic rings. The lowest BCUT2D eigenvalue weighted by Crippen LogP contribution is -2.13. The van der Waals surface area contributed by atoms with Gasteiger partial charge in [-0.1, -0.05) is 0 Å². The van der Waals surface area contributed by atoms with Crippen LogP contribution in [-0.2, 0) is 0 Å². The second-order valence-electron chi connectivity index (χ2n) is 3.96. The Kier molecular flexibility index (Phi) is 2.64. The Hall–Kier alpha value is -2.83. The molecule has 0 atom stereocenters. The number of H-pyrrole nitrogens is 1. The predicted octanol–water partition coefficient (Wildman–Crippen LogP) is 1.31. The first-order valence-electron chi connectivity index (χ1n) is 5.63. The van der Waals surface area contributed by atoms with E-state index in [1.54, 1.807) is 37.5 Å². The number of nitrogens with one attached hydrogen (secondary N) is 2. The quantitative estimate of drug-likeness (QED) is 0.718. The summed E-state index contributed by atoms with van der Waals surface area (Å²) in [4.78, 5) is 24.2. The molecule has 7 nitrogen and oxygen atoms in total. The van der Waals surface area contributed by atoms with Crippen LogP contribution < -0.4 is 5.32 Å². The van der Waals surface area contributed by atoms with E-state index in [9.17, 15) is 4.79 Å². The molecular weight excluding hydrogens is 244 g/mol. The number of aromatic amines is 1. The summed E-state index contributed by atoms with van der Waals surface area (Å²) in [5.74, 6) is 0.332. The Morgan fingerprint density at radius 1 is 1.21 bits per heavy atom. The van der Waals surface area contributed by atoms with Crippen LogP contribution in [0.2, 0.25) is 0 Å². The average molecular weight is 254 g/mol. The van der Waals surface area contributed by atoms with E-state index in [4.69, 9.17) is 0 Å². The fourth-order valence-corrected chi connectivity index (χ4v) is 1.67. The third-order valence-corrected chi connectivity index (χ3v) is 2.53. The van der Waals surface area contributed by atoms with Gasteiger partial charge in [-0.3, -0.25) is 19.9 Å². The molecule has 0 radical (unpaired) electrons. The molecule has 1 amide bonds. The second kappa shape index (κ2) is 4.45. The van der Waals surface area contributed by atoms with Gasteiger partial charge in [0, 0.05) is 18.1 Å². The number of carbonyl (C=O) groups excluding carboxylic acids is 1. The zero-order chi connectivity index (χ0) is 13.2. The van der Waals surface area contributed by atoms with Crippen LogP contribution in [0, 0.1) is 6.92 Å². The first kappa shape index (κ1) is 11.3. The third kappa shape index (κ3) is 2.25. The molecule has 0 saturated heterocycles. The van der Waals surface area contributed by atoms with Gasteiger partial charge in [0.2, 0.25) is 5.82 Å². The lowest BCUT2D eigenvalue weighted by atomic mass is 10.2. The Labute approximate surface area is 108 Å². The minimum atomic E-state index is -0.368. The summed E-state index contributed by atoms with van der Waals surface area (Å²) in [5.41, 5.74) is 2.11.